The predicted molar refractivity (Wildman–Crippen MR) is 178 cm³/mol. The maximum absolute atomic E-state index is 14.2. The lowest BCUT2D eigenvalue weighted by atomic mass is 9.93. The summed E-state index contributed by atoms with van der Waals surface area (Å²) >= 11 is 1.21. The maximum atomic E-state index is 14.2. The number of aromatic nitrogens is 1. The molecule has 0 saturated carbocycles. The topological polar surface area (TPSA) is 88.4 Å². The molecular formula is C37H31FN2O6S. The first-order chi connectivity index (χ1) is 22.9. The first kappa shape index (κ1) is 31.5. The summed E-state index contributed by atoms with van der Waals surface area (Å²) in [6, 6.07) is 27.5. The van der Waals surface area contributed by atoms with Crippen LogP contribution in [0.5, 0.6) is 17.2 Å². The Morgan fingerprint density at radius 3 is 2.47 bits per heavy atom. The fourth-order valence-electron chi connectivity index (χ4n) is 5.38. The average molecular weight is 651 g/mol. The van der Waals surface area contributed by atoms with Crippen molar-refractivity contribution in [3.05, 3.63) is 150 Å². The normalized spacial score (nSPS) is 14.3. The lowest BCUT2D eigenvalue weighted by Crippen LogP contribution is -2.40. The molecule has 1 aliphatic rings. The fraction of sp³-hybridized carbons (Fsp3) is 0.162. The summed E-state index contributed by atoms with van der Waals surface area (Å²) < 4.78 is 38.5. The molecular weight excluding hydrogens is 619 g/mol. The number of fused-ring (bicyclic) bond motifs is 1. The third-order valence-corrected chi connectivity index (χ3v) is 8.59. The van der Waals surface area contributed by atoms with Gasteiger partial charge in [0.1, 0.15) is 18.2 Å². The van der Waals surface area contributed by atoms with Crippen LogP contribution in [0.25, 0.3) is 11.8 Å². The van der Waals surface area contributed by atoms with Crippen molar-refractivity contribution in [3.8, 4) is 17.2 Å². The van der Waals surface area contributed by atoms with E-state index in [-0.39, 0.29) is 30.2 Å². The molecule has 0 bridgehead atoms. The van der Waals surface area contributed by atoms with E-state index < -0.39 is 12.0 Å². The van der Waals surface area contributed by atoms with Gasteiger partial charge < -0.3 is 18.9 Å². The van der Waals surface area contributed by atoms with Gasteiger partial charge in [-0.25, -0.2) is 14.2 Å². The van der Waals surface area contributed by atoms with Gasteiger partial charge >= 0.3 is 5.97 Å². The summed E-state index contributed by atoms with van der Waals surface area (Å²) in [6.45, 7) is 1.92. The van der Waals surface area contributed by atoms with E-state index in [0.29, 0.717) is 49.0 Å². The maximum Gasteiger partial charge on any atom is 0.338 e. The highest BCUT2D eigenvalue weighted by atomic mass is 32.1. The first-order valence-electron chi connectivity index (χ1n) is 14.9. The van der Waals surface area contributed by atoms with E-state index in [1.807, 2.05) is 42.5 Å². The first-order valence-corrected chi connectivity index (χ1v) is 15.7. The Kier molecular flexibility index (Phi) is 9.30. The van der Waals surface area contributed by atoms with Crippen LogP contribution in [0, 0.1) is 5.82 Å². The molecule has 0 spiro atoms. The number of benzene rings is 4. The van der Waals surface area contributed by atoms with Crippen LogP contribution in [0.2, 0.25) is 0 Å². The van der Waals surface area contributed by atoms with Crippen LogP contribution >= 0.6 is 11.3 Å². The number of methoxy groups -OCH3 is 2. The molecule has 1 aliphatic heterocycles. The molecule has 0 radical (unpaired) electrons. The van der Waals surface area contributed by atoms with Crippen LogP contribution in [-0.4, -0.2) is 31.4 Å². The smallest absolute Gasteiger partial charge is 0.338 e. The zero-order valence-corrected chi connectivity index (χ0v) is 26.8. The molecule has 1 aromatic heterocycles. The highest BCUT2D eigenvalue weighted by Gasteiger charge is 2.35. The molecule has 0 unspecified atom stereocenters. The average Bonchev–Trinajstić information content (AvgIpc) is 3.41. The van der Waals surface area contributed by atoms with Gasteiger partial charge in [-0.05, 0) is 54.5 Å². The number of carbonyl (C=O) groups excluding carboxylic acids is 1. The highest BCUT2D eigenvalue weighted by molar-refractivity contribution is 7.07. The number of hydrogen-bond acceptors (Lipinski definition) is 8. The molecule has 0 amide bonds. The van der Waals surface area contributed by atoms with Crippen molar-refractivity contribution < 1.29 is 28.1 Å². The SMILES string of the molecule is CCOC(=O)C1=C(c2ccccc2)N=c2s/c(=C\c3ccc(OCc4ccccc4F)c(OC)c3)c(=O)n2[C@@H]1c1cccc(OC)c1. The van der Waals surface area contributed by atoms with Gasteiger partial charge in [0, 0.05) is 11.1 Å². The van der Waals surface area contributed by atoms with Crippen molar-refractivity contribution in [3.63, 3.8) is 0 Å². The van der Waals surface area contributed by atoms with Gasteiger partial charge in [-0.2, -0.15) is 0 Å². The summed E-state index contributed by atoms with van der Waals surface area (Å²) in [5.74, 6) is 0.516. The van der Waals surface area contributed by atoms with Crippen LogP contribution in [0.15, 0.2) is 112 Å². The van der Waals surface area contributed by atoms with Crippen molar-refractivity contribution in [2.75, 3.05) is 20.8 Å². The summed E-state index contributed by atoms with van der Waals surface area (Å²) in [4.78, 5) is 33.2. The molecule has 5 aromatic rings. The lowest BCUT2D eigenvalue weighted by molar-refractivity contribution is -0.138. The van der Waals surface area contributed by atoms with Gasteiger partial charge in [-0.3, -0.25) is 9.36 Å². The van der Waals surface area contributed by atoms with Gasteiger partial charge in [-0.1, -0.05) is 78.1 Å². The van der Waals surface area contributed by atoms with Crippen molar-refractivity contribution in [2.45, 2.75) is 19.6 Å². The number of thiazole rings is 1. The van der Waals surface area contributed by atoms with Gasteiger partial charge in [0.25, 0.3) is 5.56 Å². The molecule has 4 aromatic carbocycles. The Bertz CT molecular complexity index is 2160. The number of carbonyl (C=O) groups is 1. The molecule has 0 aliphatic carbocycles. The minimum Gasteiger partial charge on any atom is -0.497 e. The van der Waals surface area contributed by atoms with Crippen LogP contribution < -0.4 is 29.1 Å². The van der Waals surface area contributed by atoms with E-state index in [1.165, 1.54) is 29.1 Å². The molecule has 0 N–H and O–H groups in total. The van der Waals surface area contributed by atoms with E-state index in [9.17, 15) is 14.0 Å². The molecule has 2 heterocycles. The zero-order chi connectivity index (χ0) is 32.9. The van der Waals surface area contributed by atoms with Gasteiger partial charge in [0.2, 0.25) is 0 Å². The molecule has 0 fully saturated rings. The number of esters is 1. The van der Waals surface area contributed by atoms with Gasteiger partial charge in [0.05, 0.1) is 42.7 Å². The van der Waals surface area contributed by atoms with E-state index >= 15 is 0 Å². The molecule has 238 valence electrons. The Hall–Kier alpha value is -5.48. The van der Waals surface area contributed by atoms with Crippen LogP contribution in [-0.2, 0) is 16.1 Å². The van der Waals surface area contributed by atoms with E-state index in [2.05, 4.69) is 0 Å². The summed E-state index contributed by atoms with van der Waals surface area (Å²) in [5.41, 5.74) is 2.84. The number of rotatable bonds is 10. The second kappa shape index (κ2) is 13.9. The monoisotopic (exact) mass is 650 g/mol. The number of nitrogens with zero attached hydrogens (tertiary/aromatic N) is 2. The lowest BCUT2D eigenvalue weighted by Gasteiger charge is -2.26. The van der Waals surface area contributed by atoms with E-state index in [0.717, 1.165) is 5.56 Å². The van der Waals surface area contributed by atoms with Crippen molar-refractivity contribution >= 4 is 29.1 Å². The Balaban J connectivity index is 1.48. The number of hydrogen-bond donors (Lipinski definition) is 0. The quantitative estimate of drug-likeness (QED) is 0.181. The highest BCUT2D eigenvalue weighted by Crippen LogP contribution is 2.36. The van der Waals surface area contributed by atoms with Crippen molar-refractivity contribution in [1.29, 1.82) is 0 Å². The Labute approximate surface area is 274 Å². The molecule has 47 heavy (non-hydrogen) atoms. The number of ether oxygens (including phenoxy) is 4. The molecule has 6 rings (SSSR count). The minimum absolute atomic E-state index is 0.0256. The second-order valence-corrected chi connectivity index (χ2v) is 11.5. The summed E-state index contributed by atoms with van der Waals surface area (Å²) in [7, 11) is 3.08. The molecule has 10 heteroatoms. The van der Waals surface area contributed by atoms with Crippen LogP contribution in [0.4, 0.5) is 4.39 Å². The standard InChI is InChI=1S/C37H31FN2O6S/c1-4-45-36(42)32-33(24-11-6-5-7-12-24)39-37-40(34(32)25-14-10-15-27(21-25)43-2)35(41)31(47-37)20-23-17-18-29(30(19-23)44-3)46-22-26-13-8-9-16-28(26)38/h5-21,34H,4,22H2,1-3H3/b31-20-/t34-/m1/s1. The predicted octanol–water partition coefficient (Wildman–Crippen LogP) is 5.67. The largest absolute Gasteiger partial charge is 0.497 e. The Morgan fingerprint density at radius 2 is 1.72 bits per heavy atom. The minimum atomic E-state index is -0.832. The van der Waals surface area contributed by atoms with Crippen molar-refractivity contribution in [1.82, 2.24) is 4.57 Å². The Morgan fingerprint density at radius 1 is 0.936 bits per heavy atom. The van der Waals surface area contributed by atoms with Gasteiger partial charge in [-0.15, -0.1) is 0 Å². The van der Waals surface area contributed by atoms with Crippen molar-refractivity contribution in [2.24, 2.45) is 4.99 Å². The summed E-state index contributed by atoms with van der Waals surface area (Å²) in [6.07, 6.45) is 1.74. The van der Waals surface area contributed by atoms with E-state index in [1.54, 1.807) is 68.6 Å². The molecule has 0 saturated heterocycles. The second-order valence-electron chi connectivity index (χ2n) is 10.5. The number of halogens is 1. The zero-order valence-electron chi connectivity index (χ0n) is 25.9. The van der Waals surface area contributed by atoms with Gasteiger partial charge in [0.15, 0.2) is 16.3 Å². The fourth-order valence-corrected chi connectivity index (χ4v) is 6.38. The molecule has 8 nitrogen and oxygen atoms in total. The summed E-state index contributed by atoms with van der Waals surface area (Å²) in [5, 5.41) is 0. The van der Waals surface area contributed by atoms with E-state index in [4.69, 9.17) is 23.9 Å². The van der Waals surface area contributed by atoms with Crippen LogP contribution in [0.1, 0.15) is 35.2 Å². The third kappa shape index (κ3) is 6.45. The molecule has 1 atom stereocenters. The van der Waals surface area contributed by atoms with Crippen LogP contribution in [0.3, 0.4) is 0 Å². The third-order valence-electron chi connectivity index (χ3n) is 7.61.